The maximum Gasteiger partial charge on any atom is 0.227 e. The molecule has 35 heavy (non-hydrogen) atoms. The van der Waals surface area contributed by atoms with Gasteiger partial charge in [-0.25, -0.2) is 4.98 Å². The van der Waals surface area contributed by atoms with Crippen LogP contribution in [0.15, 0.2) is 60.8 Å². The molecule has 2 radical (unpaired) electrons. The molecule has 1 aliphatic rings. The number of aromatic hydroxyl groups is 1. The molecule has 7 nitrogen and oxygen atoms in total. The summed E-state index contributed by atoms with van der Waals surface area (Å²) in [4.78, 5) is 17.4. The van der Waals surface area contributed by atoms with Crippen molar-refractivity contribution < 1.29 is 9.90 Å². The molecule has 0 bridgehead atoms. The van der Waals surface area contributed by atoms with Gasteiger partial charge < -0.3 is 15.7 Å². The fourth-order valence-corrected chi connectivity index (χ4v) is 4.67. The van der Waals surface area contributed by atoms with Crippen LogP contribution in [0.3, 0.4) is 0 Å². The second kappa shape index (κ2) is 10.2. The van der Waals surface area contributed by atoms with Gasteiger partial charge in [-0.15, -0.1) is 0 Å². The molecule has 0 unspecified atom stereocenters. The van der Waals surface area contributed by atoms with Crippen molar-refractivity contribution in [2.75, 3.05) is 10.6 Å². The van der Waals surface area contributed by atoms with Crippen LogP contribution in [0.1, 0.15) is 44.1 Å². The number of phenolic OH excluding ortho intramolecular Hbond substituents is 1. The number of amides is 1. The van der Waals surface area contributed by atoms with Gasteiger partial charge in [0.1, 0.15) is 19.4 Å². The number of hydrogen-bond donors (Lipinski definition) is 3. The van der Waals surface area contributed by atoms with E-state index in [0.717, 1.165) is 36.9 Å². The molecule has 0 saturated heterocycles. The molecule has 3 N–H and O–H groups in total. The van der Waals surface area contributed by atoms with Crippen LogP contribution in [0.5, 0.6) is 5.75 Å². The first kappa shape index (κ1) is 23.0. The average molecular weight is 465 g/mol. The molecule has 176 valence electrons. The predicted octanol–water partition coefficient (Wildman–Crippen LogP) is 4.42. The zero-order chi connectivity index (χ0) is 24.2. The van der Waals surface area contributed by atoms with Gasteiger partial charge in [0.05, 0.1) is 5.69 Å². The topological polar surface area (TPSA) is 91.5 Å². The Labute approximate surface area is 206 Å². The zero-order valence-corrected chi connectivity index (χ0v) is 19.6. The van der Waals surface area contributed by atoms with E-state index in [-0.39, 0.29) is 17.6 Å². The van der Waals surface area contributed by atoms with Crippen LogP contribution in [0.2, 0.25) is 0 Å². The number of benzene rings is 2. The SMILES string of the molecule is [B]c1cnn2c(NCc3cccc(NC(=O)C4CCCCCC4)c3)cc(-c3ccccc3O)nc12. The second-order valence-corrected chi connectivity index (χ2v) is 9.11. The quantitative estimate of drug-likeness (QED) is 0.290. The number of rotatable bonds is 6. The number of aromatic nitrogens is 3. The van der Waals surface area contributed by atoms with Crippen molar-refractivity contribution in [3.05, 3.63) is 66.4 Å². The lowest BCUT2D eigenvalue weighted by Gasteiger charge is -2.15. The fourth-order valence-electron chi connectivity index (χ4n) is 4.67. The van der Waals surface area contributed by atoms with Gasteiger partial charge in [0.15, 0.2) is 5.65 Å². The largest absolute Gasteiger partial charge is 0.507 e. The highest BCUT2D eigenvalue weighted by Crippen LogP contribution is 2.29. The summed E-state index contributed by atoms with van der Waals surface area (Å²) < 4.78 is 1.65. The molecule has 1 aliphatic carbocycles. The van der Waals surface area contributed by atoms with Crippen LogP contribution in [-0.2, 0) is 11.3 Å². The molecule has 2 aromatic heterocycles. The Hall–Kier alpha value is -3.81. The number of nitrogens with zero attached hydrogens (tertiary/aromatic N) is 3. The Bertz CT molecular complexity index is 1340. The number of fused-ring (bicyclic) bond motifs is 1. The summed E-state index contributed by atoms with van der Waals surface area (Å²) >= 11 is 0. The highest BCUT2D eigenvalue weighted by Gasteiger charge is 2.20. The van der Waals surface area contributed by atoms with E-state index in [1.54, 1.807) is 22.8 Å². The van der Waals surface area contributed by atoms with Gasteiger partial charge in [-0.05, 0) is 48.1 Å². The summed E-state index contributed by atoms with van der Waals surface area (Å²) in [6, 6.07) is 16.8. The molecular weight excluding hydrogens is 437 g/mol. The van der Waals surface area contributed by atoms with Crippen LogP contribution < -0.4 is 16.1 Å². The summed E-state index contributed by atoms with van der Waals surface area (Å²) in [5.74, 6) is 1.05. The van der Waals surface area contributed by atoms with Gasteiger partial charge in [0, 0.05) is 36.0 Å². The number of carbonyl (C=O) groups is 1. The number of phenols is 1. The van der Waals surface area contributed by atoms with Crippen molar-refractivity contribution in [1.29, 1.82) is 0 Å². The van der Waals surface area contributed by atoms with Gasteiger partial charge in [0.25, 0.3) is 0 Å². The minimum atomic E-state index is 0.0995. The summed E-state index contributed by atoms with van der Waals surface area (Å²) in [6.07, 6.45) is 8.20. The molecular formula is C27H28BN5O2. The van der Waals surface area contributed by atoms with E-state index in [1.165, 1.54) is 12.8 Å². The van der Waals surface area contributed by atoms with Crippen molar-refractivity contribution in [2.24, 2.45) is 5.92 Å². The van der Waals surface area contributed by atoms with E-state index in [9.17, 15) is 9.90 Å². The van der Waals surface area contributed by atoms with E-state index in [0.29, 0.717) is 34.7 Å². The van der Waals surface area contributed by atoms with Crippen molar-refractivity contribution in [3.63, 3.8) is 0 Å². The van der Waals surface area contributed by atoms with Crippen LogP contribution in [0.25, 0.3) is 16.9 Å². The van der Waals surface area contributed by atoms with Gasteiger partial charge in [-0.1, -0.05) is 49.9 Å². The summed E-state index contributed by atoms with van der Waals surface area (Å²) in [5, 5.41) is 21.2. The third-order valence-corrected chi connectivity index (χ3v) is 6.57. The minimum Gasteiger partial charge on any atom is -0.507 e. The highest BCUT2D eigenvalue weighted by atomic mass is 16.3. The first-order valence-corrected chi connectivity index (χ1v) is 12.1. The summed E-state index contributed by atoms with van der Waals surface area (Å²) in [7, 11) is 6.10. The molecule has 2 aromatic carbocycles. The lowest BCUT2D eigenvalue weighted by Crippen LogP contribution is -2.22. The van der Waals surface area contributed by atoms with Gasteiger partial charge in [-0.2, -0.15) is 9.61 Å². The van der Waals surface area contributed by atoms with Crippen LogP contribution in [0, 0.1) is 5.92 Å². The Morgan fingerprint density at radius 1 is 1.06 bits per heavy atom. The van der Waals surface area contributed by atoms with E-state index in [1.807, 2.05) is 42.5 Å². The van der Waals surface area contributed by atoms with Crippen molar-refractivity contribution >= 4 is 36.4 Å². The molecule has 1 fully saturated rings. The second-order valence-electron chi connectivity index (χ2n) is 9.11. The van der Waals surface area contributed by atoms with E-state index >= 15 is 0 Å². The van der Waals surface area contributed by atoms with E-state index < -0.39 is 0 Å². The minimum absolute atomic E-state index is 0.0995. The first-order chi connectivity index (χ1) is 17.1. The Morgan fingerprint density at radius 2 is 1.86 bits per heavy atom. The molecule has 5 rings (SSSR count). The third kappa shape index (κ3) is 5.16. The summed E-state index contributed by atoms with van der Waals surface area (Å²) in [6.45, 7) is 0.506. The molecule has 1 amide bonds. The van der Waals surface area contributed by atoms with Crippen molar-refractivity contribution in [3.8, 4) is 17.0 Å². The Morgan fingerprint density at radius 3 is 2.66 bits per heavy atom. The van der Waals surface area contributed by atoms with Crippen LogP contribution in [0.4, 0.5) is 11.5 Å². The predicted molar refractivity (Wildman–Crippen MR) is 139 cm³/mol. The van der Waals surface area contributed by atoms with Crippen LogP contribution >= 0.6 is 0 Å². The third-order valence-electron chi connectivity index (χ3n) is 6.57. The van der Waals surface area contributed by atoms with Gasteiger partial charge in [-0.3, -0.25) is 4.79 Å². The van der Waals surface area contributed by atoms with Gasteiger partial charge >= 0.3 is 0 Å². The maximum absolute atomic E-state index is 12.8. The highest BCUT2D eigenvalue weighted by molar-refractivity contribution is 6.36. The number of anilines is 2. The molecule has 0 spiro atoms. The maximum atomic E-state index is 12.8. The standard InChI is InChI=1S/C27H28BN5O2/c28-22-17-30-33-25(15-23(32-26(22)33)21-12-5-6-13-24(21)34)29-16-18-8-7-11-20(14-18)31-27(35)19-9-3-1-2-4-10-19/h5-8,11-15,17,19,29,34H,1-4,9-10,16H2,(H,31,35). The van der Waals surface area contributed by atoms with Crippen molar-refractivity contribution in [2.45, 2.75) is 45.1 Å². The number of nitrogens with one attached hydrogen (secondary N) is 2. The summed E-state index contributed by atoms with van der Waals surface area (Å²) in [5.41, 5.74) is 3.98. The lowest BCUT2D eigenvalue weighted by molar-refractivity contribution is -0.120. The smallest absolute Gasteiger partial charge is 0.227 e. The average Bonchev–Trinajstić information content (AvgIpc) is 3.06. The van der Waals surface area contributed by atoms with E-state index in [4.69, 9.17) is 7.85 Å². The molecule has 4 aromatic rings. The first-order valence-electron chi connectivity index (χ1n) is 12.1. The Kier molecular flexibility index (Phi) is 6.70. The molecule has 8 heteroatoms. The number of carbonyl (C=O) groups excluding carboxylic acids is 1. The normalized spacial score (nSPS) is 14.5. The van der Waals surface area contributed by atoms with E-state index in [2.05, 4.69) is 20.7 Å². The lowest BCUT2D eigenvalue weighted by atomic mass is 9.99. The fraction of sp³-hybridized carbons (Fsp3) is 0.296. The Balaban J connectivity index is 1.35. The number of hydrogen-bond acceptors (Lipinski definition) is 5. The monoisotopic (exact) mass is 465 g/mol. The van der Waals surface area contributed by atoms with Crippen molar-refractivity contribution in [1.82, 2.24) is 14.6 Å². The molecule has 1 saturated carbocycles. The molecule has 0 atom stereocenters. The zero-order valence-electron chi connectivity index (χ0n) is 19.6. The molecule has 2 heterocycles. The number of para-hydroxylation sites is 1. The van der Waals surface area contributed by atoms with Crippen LogP contribution in [-0.4, -0.2) is 33.5 Å². The van der Waals surface area contributed by atoms with Gasteiger partial charge in [0.2, 0.25) is 5.91 Å². The molecule has 0 aliphatic heterocycles.